The van der Waals surface area contributed by atoms with E-state index in [1.54, 1.807) is 10.7 Å². The molecule has 3 rings (SSSR count). The highest BCUT2D eigenvalue weighted by molar-refractivity contribution is 7.92. The van der Waals surface area contributed by atoms with Crippen LogP contribution in [-0.4, -0.2) is 35.7 Å². The number of anilines is 1. The average molecular weight is 377 g/mol. The number of aromatic nitrogens is 4. The number of tetrazole rings is 1. The number of benzene rings is 2. The predicted octanol–water partition coefficient (Wildman–Crippen LogP) is 2.31. The number of hydrogen-bond acceptors (Lipinski definition) is 6. The van der Waals surface area contributed by atoms with E-state index in [9.17, 15) is 12.8 Å². The van der Waals surface area contributed by atoms with Gasteiger partial charge in [0.05, 0.1) is 7.11 Å². The molecular formula is C16H16FN5O3S. The zero-order valence-corrected chi connectivity index (χ0v) is 14.9. The van der Waals surface area contributed by atoms with Gasteiger partial charge < -0.3 is 4.74 Å². The number of aryl methyl sites for hydroxylation is 1. The van der Waals surface area contributed by atoms with Gasteiger partial charge in [-0.15, -0.1) is 5.10 Å². The molecule has 2 aromatic carbocycles. The van der Waals surface area contributed by atoms with E-state index in [0.717, 1.165) is 0 Å². The summed E-state index contributed by atoms with van der Waals surface area (Å²) in [7, 11) is -2.60. The van der Waals surface area contributed by atoms with Crippen molar-refractivity contribution >= 4 is 15.7 Å². The molecule has 1 heterocycles. The lowest BCUT2D eigenvalue weighted by Gasteiger charge is -2.13. The summed E-state index contributed by atoms with van der Waals surface area (Å²) in [4.78, 5) is -0.0764. The fraction of sp³-hybridized carbons (Fsp3) is 0.188. The molecule has 0 aliphatic carbocycles. The highest BCUT2D eigenvalue weighted by atomic mass is 32.2. The van der Waals surface area contributed by atoms with Gasteiger partial charge in [0.2, 0.25) is 0 Å². The Kier molecular flexibility index (Phi) is 4.85. The van der Waals surface area contributed by atoms with Gasteiger partial charge in [-0.1, -0.05) is 0 Å². The van der Waals surface area contributed by atoms with Crippen LogP contribution >= 0.6 is 0 Å². The van der Waals surface area contributed by atoms with Gasteiger partial charge in [-0.25, -0.2) is 17.5 Å². The van der Waals surface area contributed by atoms with Gasteiger partial charge in [0.1, 0.15) is 16.5 Å². The third-order valence-corrected chi connectivity index (χ3v) is 5.04. The molecule has 3 aromatic rings. The number of rotatable bonds is 6. The first-order valence-corrected chi connectivity index (χ1v) is 9.16. The first-order valence-electron chi connectivity index (χ1n) is 7.67. The van der Waals surface area contributed by atoms with Crippen molar-refractivity contribution in [2.24, 2.45) is 0 Å². The highest BCUT2D eigenvalue weighted by Gasteiger charge is 2.22. The molecule has 0 spiro atoms. The summed E-state index contributed by atoms with van der Waals surface area (Å²) in [6.07, 6.45) is 0. The Morgan fingerprint density at radius 3 is 2.58 bits per heavy atom. The number of nitrogens with zero attached hydrogens (tertiary/aromatic N) is 4. The molecule has 1 aromatic heterocycles. The van der Waals surface area contributed by atoms with Crippen molar-refractivity contribution in [1.82, 2.24) is 20.2 Å². The van der Waals surface area contributed by atoms with E-state index in [2.05, 4.69) is 20.2 Å². The van der Waals surface area contributed by atoms with Crippen LogP contribution in [0, 0.1) is 5.82 Å². The summed E-state index contributed by atoms with van der Waals surface area (Å²) < 4.78 is 47.8. The molecule has 8 nitrogen and oxygen atoms in total. The van der Waals surface area contributed by atoms with E-state index in [-0.39, 0.29) is 16.3 Å². The van der Waals surface area contributed by atoms with Gasteiger partial charge in [-0.3, -0.25) is 4.72 Å². The maximum Gasteiger partial charge on any atom is 0.265 e. The van der Waals surface area contributed by atoms with E-state index < -0.39 is 15.8 Å². The number of halogens is 1. The van der Waals surface area contributed by atoms with Gasteiger partial charge >= 0.3 is 0 Å². The zero-order chi connectivity index (χ0) is 18.7. The van der Waals surface area contributed by atoms with Crippen molar-refractivity contribution in [3.05, 3.63) is 48.3 Å². The number of sulfonamides is 1. The lowest BCUT2D eigenvalue weighted by atomic mass is 10.2. The van der Waals surface area contributed by atoms with Crippen LogP contribution in [0.15, 0.2) is 47.4 Å². The Morgan fingerprint density at radius 2 is 1.92 bits per heavy atom. The standard InChI is InChI=1S/C16H16FN5O3S/c1-3-22-16(18-20-21-22)11-4-9-14(25-2)15(10-11)26(23,24)19-13-7-5-12(17)6-8-13/h4-10,19H,3H2,1-2H3. The first kappa shape index (κ1) is 17.8. The van der Waals surface area contributed by atoms with Crippen molar-refractivity contribution in [2.75, 3.05) is 11.8 Å². The summed E-state index contributed by atoms with van der Waals surface area (Å²) in [5, 5.41) is 11.4. The van der Waals surface area contributed by atoms with Crippen LogP contribution in [0.3, 0.4) is 0 Å². The van der Waals surface area contributed by atoms with Crippen molar-refractivity contribution in [2.45, 2.75) is 18.4 Å². The van der Waals surface area contributed by atoms with Crippen LogP contribution in [0.4, 0.5) is 10.1 Å². The van der Waals surface area contributed by atoms with Crippen molar-refractivity contribution in [3.8, 4) is 17.1 Å². The topological polar surface area (TPSA) is 99.0 Å². The number of ether oxygens (including phenoxy) is 1. The van der Waals surface area contributed by atoms with E-state index in [1.807, 2.05) is 6.92 Å². The molecule has 0 saturated heterocycles. The Bertz CT molecular complexity index is 1020. The van der Waals surface area contributed by atoms with E-state index in [4.69, 9.17) is 4.74 Å². The largest absolute Gasteiger partial charge is 0.495 e. The van der Waals surface area contributed by atoms with Gasteiger partial charge in [0, 0.05) is 17.8 Å². The first-order chi connectivity index (χ1) is 12.4. The summed E-state index contributed by atoms with van der Waals surface area (Å²) in [6.45, 7) is 2.40. The molecule has 0 atom stereocenters. The minimum absolute atomic E-state index is 0.0764. The SMILES string of the molecule is CCn1nnnc1-c1ccc(OC)c(S(=O)(=O)Nc2ccc(F)cc2)c1. The van der Waals surface area contributed by atoms with Crippen molar-refractivity contribution in [1.29, 1.82) is 0 Å². The summed E-state index contributed by atoms with van der Waals surface area (Å²) in [5.74, 6) is 0.145. The zero-order valence-electron chi connectivity index (χ0n) is 14.0. The molecule has 0 aliphatic heterocycles. The second kappa shape index (κ2) is 7.08. The highest BCUT2D eigenvalue weighted by Crippen LogP contribution is 2.30. The molecule has 0 unspecified atom stereocenters. The Hall–Kier alpha value is -3.01. The van der Waals surface area contributed by atoms with Crippen molar-refractivity contribution < 1.29 is 17.5 Å². The number of nitrogens with one attached hydrogen (secondary N) is 1. The Balaban J connectivity index is 2.04. The monoisotopic (exact) mass is 377 g/mol. The van der Waals surface area contributed by atoms with Crippen molar-refractivity contribution in [3.63, 3.8) is 0 Å². The van der Waals surface area contributed by atoms with Crippen LogP contribution in [0.1, 0.15) is 6.92 Å². The van der Waals surface area contributed by atoms with E-state index in [1.165, 1.54) is 43.5 Å². The minimum atomic E-state index is -3.98. The average Bonchev–Trinajstić information content (AvgIpc) is 3.11. The number of methoxy groups -OCH3 is 1. The summed E-state index contributed by atoms with van der Waals surface area (Å²) in [5.41, 5.74) is 0.759. The summed E-state index contributed by atoms with van der Waals surface area (Å²) in [6, 6.07) is 9.64. The fourth-order valence-electron chi connectivity index (χ4n) is 2.38. The Labute approximate surface area is 149 Å². The number of hydrogen-bond donors (Lipinski definition) is 1. The maximum absolute atomic E-state index is 13.0. The van der Waals surface area contributed by atoms with Crippen LogP contribution in [-0.2, 0) is 16.6 Å². The molecular weight excluding hydrogens is 361 g/mol. The Morgan fingerprint density at radius 1 is 1.19 bits per heavy atom. The van der Waals surface area contributed by atoms with E-state index >= 15 is 0 Å². The second-order valence-electron chi connectivity index (χ2n) is 5.30. The second-order valence-corrected chi connectivity index (χ2v) is 6.95. The van der Waals surface area contributed by atoms with Gasteiger partial charge in [-0.2, -0.15) is 0 Å². The quantitative estimate of drug-likeness (QED) is 0.708. The molecule has 0 radical (unpaired) electrons. The fourth-order valence-corrected chi connectivity index (χ4v) is 3.63. The molecule has 0 fully saturated rings. The third kappa shape index (κ3) is 3.49. The van der Waals surface area contributed by atoms with Crippen LogP contribution < -0.4 is 9.46 Å². The van der Waals surface area contributed by atoms with Gasteiger partial charge in [0.25, 0.3) is 10.0 Å². The van der Waals surface area contributed by atoms with Crippen LogP contribution in [0.2, 0.25) is 0 Å². The molecule has 26 heavy (non-hydrogen) atoms. The molecule has 0 bridgehead atoms. The normalized spacial score (nSPS) is 11.3. The predicted molar refractivity (Wildman–Crippen MR) is 92.7 cm³/mol. The maximum atomic E-state index is 13.0. The smallest absolute Gasteiger partial charge is 0.265 e. The molecule has 0 aliphatic rings. The molecule has 10 heteroatoms. The minimum Gasteiger partial charge on any atom is -0.495 e. The van der Waals surface area contributed by atoms with Crippen LogP contribution in [0.25, 0.3) is 11.4 Å². The molecule has 136 valence electrons. The molecule has 0 saturated carbocycles. The molecule has 1 N–H and O–H groups in total. The van der Waals surface area contributed by atoms with Gasteiger partial charge in [0.15, 0.2) is 5.82 Å². The van der Waals surface area contributed by atoms with Crippen LogP contribution in [0.5, 0.6) is 5.75 Å². The molecule has 0 amide bonds. The van der Waals surface area contributed by atoms with E-state index in [0.29, 0.717) is 17.9 Å². The van der Waals surface area contributed by atoms with Gasteiger partial charge in [-0.05, 0) is 59.8 Å². The third-order valence-electron chi connectivity index (χ3n) is 3.64. The lowest BCUT2D eigenvalue weighted by molar-refractivity contribution is 0.403. The summed E-state index contributed by atoms with van der Waals surface area (Å²) >= 11 is 0. The lowest BCUT2D eigenvalue weighted by Crippen LogP contribution is -2.14.